The van der Waals surface area contributed by atoms with Crippen LogP contribution in [0.4, 0.5) is 0 Å². The van der Waals surface area contributed by atoms with E-state index in [9.17, 15) is 0 Å². The van der Waals surface area contributed by atoms with Gasteiger partial charge in [-0.1, -0.05) is 6.07 Å². The Hall–Kier alpha value is -1.10. The minimum Gasteiger partial charge on any atom is -0.496 e. The lowest BCUT2D eigenvalue weighted by Crippen LogP contribution is -2.42. The number of aryl methyl sites for hydroxylation is 2. The molecule has 1 aliphatic rings. The first-order chi connectivity index (χ1) is 9.17. The molecule has 0 spiro atoms. The summed E-state index contributed by atoms with van der Waals surface area (Å²) in [6, 6.07) is 4.59. The molecule has 1 unspecified atom stereocenters. The fraction of sp³-hybridized carbons (Fsp3) is 0.600. The van der Waals surface area contributed by atoms with Crippen LogP contribution in [0, 0.1) is 13.8 Å². The van der Waals surface area contributed by atoms with E-state index in [0.717, 1.165) is 37.6 Å². The fourth-order valence-corrected chi connectivity index (χ4v) is 2.75. The standard InChI is InChI=1S/C15H24N2O2/c1-11-9-15(18-3)12(2)8-13(11)14(10-16)17-4-6-19-7-5-17/h8-9,14H,4-7,10,16H2,1-3H3. The van der Waals surface area contributed by atoms with Gasteiger partial charge in [0.05, 0.1) is 20.3 Å². The van der Waals surface area contributed by atoms with E-state index >= 15 is 0 Å². The largest absolute Gasteiger partial charge is 0.496 e. The number of ether oxygens (including phenoxy) is 2. The summed E-state index contributed by atoms with van der Waals surface area (Å²) >= 11 is 0. The zero-order valence-corrected chi connectivity index (χ0v) is 12.1. The van der Waals surface area contributed by atoms with E-state index in [4.69, 9.17) is 15.2 Å². The van der Waals surface area contributed by atoms with Crippen LogP contribution in [0.15, 0.2) is 12.1 Å². The van der Waals surface area contributed by atoms with Crippen LogP contribution in [0.5, 0.6) is 5.75 Å². The number of rotatable bonds is 4. The normalized spacial score (nSPS) is 18.3. The van der Waals surface area contributed by atoms with E-state index in [0.29, 0.717) is 6.54 Å². The van der Waals surface area contributed by atoms with Crippen LogP contribution in [0.25, 0.3) is 0 Å². The molecule has 0 aliphatic carbocycles. The summed E-state index contributed by atoms with van der Waals surface area (Å²) in [6.07, 6.45) is 0. The second kappa shape index (κ2) is 6.37. The SMILES string of the molecule is COc1cc(C)c(C(CN)N2CCOCC2)cc1C. The smallest absolute Gasteiger partial charge is 0.122 e. The van der Waals surface area contributed by atoms with E-state index < -0.39 is 0 Å². The Labute approximate surface area is 115 Å². The van der Waals surface area contributed by atoms with E-state index in [1.165, 1.54) is 11.1 Å². The van der Waals surface area contributed by atoms with Gasteiger partial charge in [-0.15, -0.1) is 0 Å². The van der Waals surface area contributed by atoms with Crippen molar-refractivity contribution in [1.82, 2.24) is 4.90 Å². The number of hydrogen-bond donors (Lipinski definition) is 1. The van der Waals surface area contributed by atoms with Crippen LogP contribution < -0.4 is 10.5 Å². The average molecular weight is 264 g/mol. The first-order valence-corrected chi connectivity index (χ1v) is 6.84. The van der Waals surface area contributed by atoms with E-state index in [2.05, 4.69) is 30.9 Å². The summed E-state index contributed by atoms with van der Waals surface area (Å²) in [7, 11) is 1.71. The van der Waals surface area contributed by atoms with Gasteiger partial charge in [0.1, 0.15) is 5.75 Å². The van der Waals surface area contributed by atoms with Gasteiger partial charge >= 0.3 is 0 Å². The van der Waals surface area contributed by atoms with Gasteiger partial charge in [0.15, 0.2) is 0 Å². The molecule has 0 bridgehead atoms. The first kappa shape index (κ1) is 14.3. The molecule has 2 N–H and O–H groups in total. The highest BCUT2D eigenvalue weighted by Crippen LogP contribution is 2.29. The Balaban J connectivity index is 2.29. The van der Waals surface area contributed by atoms with Gasteiger partial charge in [0.2, 0.25) is 0 Å². The van der Waals surface area contributed by atoms with E-state index in [1.807, 2.05) is 0 Å². The Morgan fingerprint density at radius 1 is 1.26 bits per heavy atom. The summed E-state index contributed by atoms with van der Waals surface area (Å²) in [5.74, 6) is 0.944. The zero-order valence-electron chi connectivity index (χ0n) is 12.1. The lowest BCUT2D eigenvalue weighted by atomic mass is 9.96. The molecule has 106 valence electrons. The van der Waals surface area contributed by atoms with Crippen LogP contribution >= 0.6 is 0 Å². The van der Waals surface area contributed by atoms with Gasteiger partial charge in [-0.05, 0) is 36.6 Å². The highest BCUT2D eigenvalue weighted by molar-refractivity contribution is 5.43. The van der Waals surface area contributed by atoms with Gasteiger partial charge in [0, 0.05) is 25.7 Å². The lowest BCUT2D eigenvalue weighted by Gasteiger charge is -2.35. The summed E-state index contributed by atoms with van der Waals surface area (Å²) in [5, 5.41) is 0. The molecule has 0 amide bonds. The van der Waals surface area contributed by atoms with Crippen molar-refractivity contribution < 1.29 is 9.47 Å². The molecule has 19 heavy (non-hydrogen) atoms. The molecule has 1 aliphatic heterocycles. The van der Waals surface area contributed by atoms with Crippen molar-refractivity contribution in [1.29, 1.82) is 0 Å². The van der Waals surface area contributed by atoms with Crippen molar-refractivity contribution in [3.8, 4) is 5.75 Å². The molecule has 1 atom stereocenters. The first-order valence-electron chi connectivity index (χ1n) is 6.84. The number of hydrogen-bond acceptors (Lipinski definition) is 4. The molecule has 4 heteroatoms. The minimum absolute atomic E-state index is 0.272. The molecule has 1 aromatic carbocycles. The van der Waals surface area contributed by atoms with Crippen LogP contribution in [0.3, 0.4) is 0 Å². The van der Waals surface area contributed by atoms with Crippen molar-refractivity contribution >= 4 is 0 Å². The highest BCUT2D eigenvalue weighted by Gasteiger charge is 2.23. The Morgan fingerprint density at radius 2 is 1.95 bits per heavy atom. The predicted octanol–water partition coefficient (Wildman–Crippen LogP) is 1.64. The maximum atomic E-state index is 6.01. The van der Waals surface area contributed by atoms with Crippen LogP contribution in [0.2, 0.25) is 0 Å². The van der Waals surface area contributed by atoms with Gasteiger partial charge in [-0.2, -0.15) is 0 Å². The molecule has 1 fully saturated rings. The molecule has 0 aromatic heterocycles. The number of benzene rings is 1. The van der Waals surface area contributed by atoms with Crippen molar-refractivity contribution in [3.05, 3.63) is 28.8 Å². The number of methoxy groups -OCH3 is 1. The van der Waals surface area contributed by atoms with Crippen LogP contribution in [-0.2, 0) is 4.74 Å². The summed E-state index contributed by atoms with van der Waals surface area (Å²) in [6.45, 7) is 8.33. The molecular formula is C15H24N2O2. The Morgan fingerprint density at radius 3 is 2.53 bits per heavy atom. The molecule has 0 radical (unpaired) electrons. The average Bonchev–Trinajstić information content (AvgIpc) is 2.44. The highest BCUT2D eigenvalue weighted by atomic mass is 16.5. The van der Waals surface area contributed by atoms with Gasteiger partial charge in [-0.3, -0.25) is 4.90 Å². The molecular weight excluding hydrogens is 240 g/mol. The third-order valence-corrected chi connectivity index (χ3v) is 3.85. The van der Waals surface area contributed by atoms with Crippen LogP contribution in [0.1, 0.15) is 22.7 Å². The van der Waals surface area contributed by atoms with Crippen LogP contribution in [-0.4, -0.2) is 44.9 Å². The molecule has 0 saturated carbocycles. The molecule has 1 saturated heterocycles. The second-order valence-electron chi connectivity index (χ2n) is 5.08. The Kier molecular flexibility index (Phi) is 4.80. The molecule has 4 nitrogen and oxygen atoms in total. The minimum atomic E-state index is 0.272. The topological polar surface area (TPSA) is 47.7 Å². The molecule has 1 heterocycles. The molecule has 2 rings (SSSR count). The third kappa shape index (κ3) is 3.08. The predicted molar refractivity (Wildman–Crippen MR) is 76.7 cm³/mol. The zero-order chi connectivity index (χ0) is 13.8. The second-order valence-corrected chi connectivity index (χ2v) is 5.08. The maximum Gasteiger partial charge on any atom is 0.122 e. The number of morpholine rings is 1. The van der Waals surface area contributed by atoms with Gasteiger partial charge < -0.3 is 15.2 Å². The summed E-state index contributed by atoms with van der Waals surface area (Å²) in [4.78, 5) is 2.41. The Bertz CT molecular complexity index is 428. The van der Waals surface area contributed by atoms with Crippen molar-refractivity contribution in [2.75, 3.05) is 40.0 Å². The van der Waals surface area contributed by atoms with Crippen molar-refractivity contribution in [3.63, 3.8) is 0 Å². The monoisotopic (exact) mass is 264 g/mol. The number of nitrogens with zero attached hydrogens (tertiary/aromatic N) is 1. The van der Waals surface area contributed by atoms with Crippen molar-refractivity contribution in [2.45, 2.75) is 19.9 Å². The van der Waals surface area contributed by atoms with Gasteiger partial charge in [0.25, 0.3) is 0 Å². The molecule has 1 aromatic rings. The number of nitrogens with two attached hydrogens (primary N) is 1. The summed E-state index contributed by atoms with van der Waals surface area (Å²) < 4.78 is 10.8. The van der Waals surface area contributed by atoms with E-state index in [1.54, 1.807) is 7.11 Å². The maximum absolute atomic E-state index is 6.01. The summed E-state index contributed by atoms with van der Waals surface area (Å²) in [5.41, 5.74) is 9.72. The van der Waals surface area contributed by atoms with Crippen molar-refractivity contribution in [2.24, 2.45) is 5.73 Å². The van der Waals surface area contributed by atoms with Gasteiger partial charge in [-0.25, -0.2) is 0 Å². The van der Waals surface area contributed by atoms with E-state index in [-0.39, 0.29) is 6.04 Å². The quantitative estimate of drug-likeness (QED) is 0.898. The third-order valence-electron chi connectivity index (χ3n) is 3.85. The lowest BCUT2D eigenvalue weighted by molar-refractivity contribution is 0.0177. The fourth-order valence-electron chi connectivity index (χ4n) is 2.75.